The van der Waals surface area contributed by atoms with Gasteiger partial charge in [0.25, 0.3) is 10.0 Å². The molecular formula is C11H12N2O5S2. The van der Waals surface area contributed by atoms with Gasteiger partial charge in [-0.2, -0.15) is 8.42 Å². The maximum Gasteiger partial charge on any atom is 0.313 e. The van der Waals surface area contributed by atoms with E-state index in [9.17, 15) is 13.2 Å². The van der Waals surface area contributed by atoms with Crippen LogP contribution in [0.1, 0.15) is 6.92 Å². The number of ether oxygens (including phenoxy) is 1. The van der Waals surface area contributed by atoms with Gasteiger partial charge in [0, 0.05) is 6.07 Å². The maximum atomic E-state index is 12.0. The van der Waals surface area contributed by atoms with Gasteiger partial charge in [-0.3, -0.25) is 4.79 Å². The molecule has 0 bridgehead atoms. The zero-order valence-electron chi connectivity index (χ0n) is 10.5. The van der Waals surface area contributed by atoms with E-state index in [1.807, 2.05) is 0 Å². The number of benzene rings is 1. The summed E-state index contributed by atoms with van der Waals surface area (Å²) >= 11 is 0.815. The van der Waals surface area contributed by atoms with Gasteiger partial charge in [-0.05, 0) is 19.1 Å². The van der Waals surface area contributed by atoms with Crippen molar-refractivity contribution in [2.45, 2.75) is 11.8 Å². The number of carboxylic acid groups (broad SMARTS) is 1. The largest absolute Gasteiger partial charge is 0.494 e. The summed E-state index contributed by atoms with van der Waals surface area (Å²) in [6, 6.07) is 4.59. The zero-order chi connectivity index (χ0) is 14.8. The smallest absolute Gasteiger partial charge is 0.313 e. The lowest BCUT2D eigenvalue weighted by Gasteiger charge is -2.18. The average Bonchev–Trinajstić information content (AvgIpc) is 2.37. The first-order valence-corrected chi connectivity index (χ1v) is 8.08. The Morgan fingerprint density at radius 3 is 2.90 bits per heavy atom. The lowest BCUT2D eigenvalue weighted by molar-refractivity contribution is -0.133. The summed E-state index contributed by atoms with van der Waals surface area (Å²) in [5.74, 6) is -0.879. The van der Waals surface area contributed by atoms with Crippen LogP contribution in [0.5, 0.6) is 5.75 Å². The predicted octanol–water partition coefficient (Wildman–Crippen LogP) is 1.37. The Balaban J connectivity index is 2.31. The number of nitrogens with zero attached hydrogens (tertiary/aromatic N) is 1. The average molecular weight is 316 g/mol. The van der Waals surface area contributed by atoms with E-state index in [1.165, 1.54) is 6.07 Å². The minimum Gasteiger partial charge on any atom is -0.494 e. The summed E-state index contributed by atoms with van der Waals surface area (Å²) in [4.78, 5) is 10.5. The van der Waals surface area contributed by atoms with Crippen LogP contribution in [0.2, 0.25) is 0 Å². The van der Waals surface area contributed by atoms with E-state index < -0.39 is 16.0 Å². The van der Waals surface area contributed by atoms with Crippen molar-refractivity contribution in [1.29, 1.82) is 0 Å². The minimum atomic E-state index is -3.85. The van der Waals surface area contributed by atoms with E-state index >= 15 is 0 Å². The Labute approximate surface area is 120 Å². The molecule has 0 atom stereocenters. The summed E-state index contributed by atoms with van der Waals surface area (Å²) in [5.41, 5.74) is 0.358. The van der Waals surface area contributed by atoms with Crippen molar-refractivity contribution >= 4 is 38.6 Å². The van der Waals surface area contributed by atoms with Crippen LogP contribution in [-0.4, -0.2) is 37.0 Å². The monoisotopic (exact) mass is 316 g/mol. The van der Waals surface area contributed by atoms with Crippen LogP contribution in [0.4, 0.5) is 5.69 Å². The number of hydrogen-bond acceptors (Lipinski definition) is 6. The van der Waals surface area contributed by atoms with Crippen LogP contribution < -0.4 is 10.1 Å². The normalized spacial score (nSPS) is 15.8. The van der Waals surface area contributed by atoms with Gasteiger partial charge in [0.1, 0.15) is 10.6 Å². The van der Waals surface area contributed by atoms with E-state index in [0.717, 1.165) is 11.8 Å². The number of amidine groups is 1. The molecule has 1 heterocycles. The fourth-order valence-corrected chi connectivity index (χ4v) is 3.54. The third-order valence-corrected chi connectivity index (χ3v) is 4.61. The molecule has 0 radical (unpaired) electrons. The molecule has 0 saturated carbocycles. The molecule has 108 valence electrons. The minimum absolute atomic E-state index is 0.0168. The van der Waals surface area contributed by atoms with E-state index in [4.69, 9.17) is 9.84 Å². The maximum absolute atomic E-state index is 12.0. The van der Waals surface area contributed by atoms with Gasteiger partial charge in [0.2, 0.25) is 0 Å². The molecule has 0 fully saturated rings. The summed E-state index contributed by atoms with van der Waals surface area (Å²) < 4.78 is 32.9. The Kier molecular flexibility index (Phi) is 4.19. The van der Waals surface area contributed by atoms with Crippen LogP contribution in [0.15, 0.2) is 27.5 Å². The molecule has 1 aromatic rings. The van der Waals surface area contributed by atoms with Gasteiger partial charge in [-0.25, -0.2) is 0 Å². The summed E-state index contributed by atoms with van der Waals surface area (Å²) in [6.45, 7) is 2.22. The number of carbonyl (C=O) groups is 1. The first-order chi connectivity index (χ1) is 9.42. The second kappa shape index (κ2) is 5.71. The second-order valence-corrected chi connectivity index (χ2v) is 6.31. The molecule has 1 aliphatic rings. The SMILES string of the molecule is CCOc1ccc2c(c1)S(=O)(=O)N=C(SCC(=O)O)N2. The highest BCUT2D eigenvalue weighted by Gasteiger charge is 2.26. The van der Waals surface area contributed by atoms with Crippen LogP contribution in [0.25, 0.3) is 0 Å². The Hall–Kier alpha value is -1.74. The van der Waals surface area contributed by atoms with Crippen molar-refractivity contribution in [2.24, 2.45) is 4.40 Å². The van der Waals surface area contributed by atoms with E-state index in [0.29, 0.717) is 18.0 Å². The van der Waals surface area contributed by atoms with Gasteiger partial charge in [-0.1, -0.05) is 11.8 Å². The summed E-state index contributed by atoms with van der Waals surface area (Å²) in [6.07, 6.45) is 0. The molecule has 0 amide bonds. The lowest BCUT2D eigenvalue weighted by atomic mass is 10.3. The molecular weight excluding hydrogens is 304 g/mol. The van der Waals surface area contributed by atoms with Crippen molar-refractivity contribution in [3.05, 3.63) is 18.2 Å². The number of sulfonamides is 1. The number of nitrogens with one attached hydrogen (secondary N) is 1. The highest BCUT2D eigenvalue weighted by Crippen LogP contribution is 2.32. The van der Waals surface area contributed by atoms with Crippen molar-refractivity contribution in [1.82, 2.24) is 0 Å². The molecule has 0 spiro atoms. The van der Waals surface area contributed by atoms with Crippen molar-refractivity contribution in [2.75, 3.05) is 17.7 Å². The van der Waals surface area contributed by atoms with Gasteiger partial charge in [0.05, 0.1) is 18.0 Å². The van der Waals surface area contributed by atoms with Crippen molar-refractivity contribution < 1.29 is 23.1 Å². The van der Waals surface area contributed by atoms with Crippen molar-refractivity contribution in [3.8, 4) is 5.75 Å². The first-order valence-electron chi connectivity index (χ1n) is 5.66. The summed E-state index contributed by atoms with van der Waals surface area (Å²) in [5, 5.41) is 11.4. The highest BCUT2D eigenvalue weighted by atomic mass is 32.2. The molecule has 7 nitrogen and oxygen atoms in total. The van der Waals surface area contributed by atoms with E-state index in [2.05, 4.69) is 9.71 Å². The number of fused-ring (bicyclic) bond motifs is 1. The van der Waals surface area contributed by atoms with Crippen molar-refractivity contribution in [3.63, 3.8) is 0 Å². The Morgan fingerprint density at radius 1 is 1.50 bits per heavy atom. The van der Waals surface area contributed by atoms with Gasteiger partial charge < -0.3 is 15.2 Å². The molecule has 2 rings (SSSR count). The lowest BCUT2D eigenvalue weighted by Crippen LogP contribution is -2.20. The fourth-order valence-electron chi connectivity index (χ4n) is 1.56. The summed E-state index contributed by atoms with van der Waals surface area (Å²) in [7, 11) is -3.85. The topological polar surface area (TPSA) is 105 Å². The molecule has 0 unspecified atom stereocenters. The molecule has 1 aromatic carbocycles. The number of thioether (sulfide) groups is 1. The quantitative estimate of drug-likeness (QED) is 0.864. The molecule has 20 heavy (non-hydrogen) atoms. The molecule has 9 heteroatoms. The van der Waals surface area contributed by atoms with Gasteiger partial charge in [0.15, 0.2) is 5.17 Å². The predicted molar refractivity (Wildman–Crippen MR) is 75.9 cm³/mol. The number of carboxylic acids is 1. The number of aliphatic carboxylic acids is 1. The van der Waals surface area contributed by atoms with Gasteiger partial charge >= 0.3 is 5.97 Å². The van der Waals surface area contributed by atoms with Crippen LogP contribution in [0.3, 0.4) is 0 Å². The standard InChI is InChI=1S/C11H12N2O5S2/c1-2-18-7-3-4-8-9(5-7)20(16,17)13-11(12-8)19-6-10(14)15/h3-5H,2,6H2,1H3,(H,12,13)(H,14,15). The molecule has 2 N–H and O–H groups in total. The zero-order valence-corrected chi connectivity index (χ0v) is 12.1. The van der Waals surface area contributed by atoms with E-state index in [1.54, 1.807) is 19.1 Å². The number of hydrogen-bond donors (Lipinski definition) is 2. The first kappa shape index (κ1) is 14.7. The Morgan fingerprint density at radius 2 is 2.25 bits per heavy atom. The third-order valence-electron chi connectivity index (χ3n) is 2.32. The van der Waals surface area contributed by atoms with E-state index in [-0.39, 0.29) is 15.8 Å². The molecule has 0 saturated heterocycles. The highest BCUT2D eigenvalue weighted by molar-refractivity contribution is 8.15. The van der Waals surface area contributed by atoms with Crippen LogP contribution in [0, 0.1) is 0 Å². The molecule has 0 aliphatic carbocycles. The van der Waals surface area contributed by atoms with Gasteiger partial charge in [-0.15, -0.1) is 4.40 Å². The number of rotatable bonds is 4. The number of anilines is 1. The second-order valence-electron chi connectivity index (χ2n) is 3.77. The molecule has 0 aromatic heterocycles. The molecule has 1 aliphatic heterocycles. The Bertz CT molecular complexity index is 669. The van der Waals surface area contributed by atoms with Crippen LogP contribution >= 0.6 is 11.8 Å². The fraction of sp³-hybridized carbons (Fsp3) is 0.273. The van der Waals surface area contributed by atoms with Crippen LogP contribution in [-0.2, 0) is 14.8 Å². The third kappa shape index (κ3) is 3.23.